The molecule has 0 spiro atoms. The molecule has 2 heterocycles. The van der Waals surface area contributed by atoms with Crippen LogP contribution < -0.4 is 4.72 Å². The van der Waals surface area contributed by atoms with E-state index in [9.17, 15) is 0 Å². The van der Waals surface area contributed by atoms with Gasteiger partial charge in [-0.3, -0.25) is 4.98 Å². The van der Waals surface area contributed by atoms with Crippen LogP contribution in [0.2, 0.25) is 0 Å². The number of aliphatic imine (C=N–C) groups is 1. The summed E-state index contributed by atoms with van der Waals surface area (Å²) in [4.78, 5) is 9.67. The molecule has 1 N–H and O–H groups in total. The van der Waals surface area contributed by atoms with Crippen LogP contribution in [0.1, 0.15) is 13.8 Å². The SMILES string of the molecule is CC(C)CSC1=Nc2ccncc2SN1. The van der Waals surface area contributed by atoms with Crippen LogP contribution in [0.25, 0.3) is 0 Å². The molecule has 1 aromatic rings. The molecule has 0 unspecified atom stereocenters. The number of hydrogen-bond donors (Lipinski definition) is 1. The average molecular weight is 239 g/mol. The van der Waals surface area contributed by atoms with E-state index in [0.29, 0.717) is 5.92 Å². The lowest BCUT2D eigenvalue weighted by atomic mass is 10.3. The highest BCUT2D eigenvalue weighted by atomic mass is 32.2. The third-order valence-electron chi connectivity index (χ3n) is 1.79. The predicted molar refractivity (Wildman–Crippen MR) is 67.6 cm³/mol. The lowest BCUT2D eigenvalue weighted by Gasteiger charge is -2.15. The molecule has 0 saturated carbocycles. The van der Waals surface area contributed by atoms with Crippen molar-refractivity contribution >= 4 is 34.6 Å². The number of nitrogens with one attached hydrogen (secondary N) is 1. The second kappa shape index (κ2) is 4.90. The van der Waals surface area contributed by atoms with E-state index in [1.807, 2.05) is 12.3 Å². The Kier molecular flexibility index (Phi) is 3.53. The monoisotopic (exact) mass is 239 g/mol. The third-order valence-corrected chi connectivity index (χ3v) is 4.05. The number of amidine groups is 1. The molecular weight excluding hydrogens is 226 g/mol. The molecule has 1 aliphatic rings. The standard InChI is InChI=1S/C10H13N3S2/c1-7(2)6-14-10-12-8-3-4-11-5-9(8)15-13-10/h3-5,7H,6H2,1-2H3,(H,12,13). The molecule has 0 bridgehead atoms. The Hall–Kier alpha value is -0.680. The molecule has 15 heavy (non-hydrogen) atoms. The van der Waals surface area contributed by atoms with Gasteiger partial charge in [0.15, 0.2) is 5.17 Å². The Bertz CT molecular complexity index is 377. The van der Waals surface area contributed by atoms with E-state index in [0.717, 1.165) is 21.5 Å². The maximum absolute atomic E-state index is 4.53. The Morgan fingerprint density at radius 1 is 1.53 bits per heavy atom. The van der Waals surface area contributed by atoms with E-state index in [1.54, 1.807) is 29.9 Å². The van der Waals surface area contributed by atoms with Crippen molar-refractivity contribution in [3.8, 4) is 0 Å². The van der Waals surface area contributed by atoms with Crippen molar-refractivity contribution < 1.29 is 0 Å². The summed E-state index contributed by atoms with van der Waals surface area (Å²) in [5.41, 5.74) is 1.01. The van der Waals surface area contributed by atoms with Gasteiger partial charge in [-0.1, -0.05) is 25.6 Å². The van der Waals surface area contributed by atoms with Crippen LogP contribution in [0.15, 0.2) is 28.3 Å². The number of pyridine rings is 1. The molecule has 3 nitrogen and oxygen atoms in total. The molecule has 80 valence electrons. The summed E-state index contributed by atoms with van der Waals surface area (Å²) in [7, 11) is 0. The lowest BCUT2D eigenvalue weighted by Crippen LogP contribution is -2.16. The van der Waals surface area contributed by atoms with Gasteiger partial charge in [0.25, 0.3) is 0 Å². The zero-order valence-corrected chi connectivity index (χ0v) is 10.4. The Morgan fingerprint density at radius 3 is 3.20 bits per heavy atom. The predicted octanol–water partition coefficient (Wildman–Crippen LogP) is 3.07. The molecule has 0 fully saturated rings. The minimum atomic E-state index is 0.684. The normalized spacial score (nSPS) is 14.5. The van der Waals surface area contributed by atoms with E-state index in [1.165, 1.54) is 0 Å². The average Bonchev–Trinajstić information content (AvgIpc) is 2.26. The molecule has 0 radical (unpaired) electrons. The summed E-state index contributed by atoms with van der Waals surface area (Å²) in [6.45, 7) is 4.42. The second-order valence-corrected chi connectivity index (χ2v) is 5.53. The van der Waals surface area contributed by atoms with Gasteiger partial charge in [0, 0.05) is 18.1 Å². The molecule has 0 amide bonds. The van der Waals surface area contributed by atoms with Gasteiger partial charge in [0.2, 0.25) is 0 Å². The summed E-state index contributed by atoms with van der Waals surface area (Å²) >= 11 is 3.35. The molecular formula is C10H13N3S2. The summed E-state index contributed by atoms with van der Waals surface area (Å²) in [6.07, 6.45) is 3.61. The second-order valence-electron chi connectivity index (χ2n) is 3.67. The highest BCUT2D eigenvalue weighted by Crippen LogP contribution is 2.32. The summed E-state index contributed by atoms with van der Waals surface area (Å²) in [5.74, 6) is 1.77. The van der Waals surface area contributed by atoms with Gasteiger partial charge in [0.1, 0.15) is 0 Å². The Morgan fingerprint density at radius 2 is 2.40 bits per heavy atom. The van der Waals surface area contributed by atoms with Crippen molar-refractivity contribution in [2.45, 2.75) is 18.7 Å². The van der Waals surface area contributed by atoms with E-state index in [2.05, 4.69) is 28.5 Å². The number of rotatable bonds is 2. The molecule has 1 aliphatic heterocycles. The molecule has 0 saturated heterocycles. The first kappa shape index (κ1) is 10.8. The van der Waals surface area contributed by atoms with Gasteiger partial charge in [0.05, 0.1) is 10.6 Å². The summed E-state index contributed by atoms with van der Waals surface area (Å²) < 4.78 is 3.22. The van der Waals surface area contributed by atoms with Gasteiger partial charge >= 0.3 is 0 Å². The molecule has 0 aromatic carbocycles. The first-order valence-corrected chi connectivity index (χ1v) is 6.64. The summed E-state index contributed by atoms with van der Waals surface area (Å²) in [6, 6.07) is 1.94. The maximum Gasteiger partial charge on any atom is 0.172 e. The molecule has 2 rings (SSSR count). The quantitative estimate of drug-likeness (QED) is 0.805. The van der Waals surface area contributed by atoms with Crippen molar-refractivity contribution in [3.05, 3.63) is 18.5 Å². The van der Waals surface area contributed by atoms with Crippen LogP contribution in [0, 0.1) is 5.92 Å². The molecule has 0 atom stereocenters. The summed E-state index contributed by atoms with van der Waals surface area (Å²) in [5, 5.41) is 0.993. The number of fused-ring (bicyclic) bond motifs is 1. The fourth-order valence-corrected chi connectivity index (χ4v) is 2.67. The minimum absolute atomic E-state index is 0.684. The van der Waals surface area contributed by atoms with E-state index >= 15 is 0 Å². The third kappa shape index (κ3) is 2.89. The van der Waals surface area contributed by atoms with Crippen molar-refractivity contribution in [2.75, 3.05) is 5.75 Å². The van der Waals surface area contributed by atoms with Crippen molar-refractivity contribution in [1.29, 1.82) is 0 Å². The maximum atomic E-state index is 4.53. The fraction of sp³-hybridized carbons (Fsp3) is 0.400. The first-order valence-electron chi connectivity index (χ1n) is 4.84. The van der Waals surface area contributed by atoms with E-state index in [4.69, 9.17) is 0 Å². The molecule has 0 aliphatic carbocycles. The zero-order valence-electron chi connectivity index (χ0n) is 8.73. The van der Waals surface area contributed by atoms with Crippen LogP contribution in [-0.2, 0) is 0 Å². The van der Waals surface area contributed by atoms with E-state index in [-0.39, 0.29) is 0 Å². The number of thioether (sulfide) groups is 1. The van der Waals surface area contributed by atoms with Crippen LogP contribution in [-0.4, -0.2) is 15.9 Å². The smallest absolute Gasteiger partial charge is 0.172 e. The lowest BCUT2D eigenvalue weighted by molar-refractivity contribution is 0.752. The van der Waals surface area contributed by atoms with Crippen molar-refractivity contribution in [2.24, 2.45) is 10.9 Å². The van der Waals surface area contributed by atoms with Gasteiger partial charge in [-0.05, 0) is 23.9 Å². The van der Waals surface area contributed by atoms with Crippen LogP contribution in [0.4, 0.5) is 5.69 Å². The number of hydrogen-bond acceptors (Lipinski definition) is 5. The van der Waals surface area contributed by atoms with Gasteiger partial charge in [-0.25, -0.2) is 4.99 Å². The van der Waals surface area contributed by atoms with Crippen LogP contribution in [0.5, 0.6) is 0 Å². The highest BCUT2D eigenvalue weighted by molar-refractivity contribution is 8.15. The van der Waals surface area contributed by atoms with Crippen LogP contribution >= 0.6 is 23.7 Å². The zero-order chi connectivity index (χ0) is 10.7. The fourth-order valence-electron chi connectivity index (χ4n) is 1.08. The number of nitrogens with zero attached hydrogens (tertiary/aromatic N) is 2. The first-order chi connectivity index (χ1) is 7.25. The molecule has 1 aromatic heterocycles. The topological polar surface area (TPSA) is 37.3 Å². The van der Waals surface area contributed by atoms with Crippen LogP contribution in [0.3, 0.4) is 0 Å². The Balaban J connectivity index is 2.08. The van der Waals surface area contributed by atoms with Crippen molar-refractivity contribution in [3.63, 3.8) is 0 Å². The molecule has 5 heteroatoms. The van der Waals surface area contributed by atoms with Gasteiger partial charge < -0.3 is 4.72 Å². The van der Waals surface area contributed by atoms with Crippen molar-refractivity contribution in [1.82, 2.24) is 9.71 Å². The minimum Gasteiger partial charge on any atom is -0.305 e. The van der Waals surface area contributed by atoms with E-state index < -0.39 is 0 Å². The van der Waals surface area contributed by atoms with Gasteiger partial charge in [-0.15, -0.1) is 0 Å². The number of aromatic nitrogens is 1. The highest BCUT2D eigenvalue weighted by Gasteiger charge is 2.12. The Labute approximate surface area is 98.3 Å². The van der Waals surface area contributed by atoms with Gasteiger partial charge in [-0.2, -0.15) is 0 Å². The largest absolute Gasteiger partial charge is 0.305 e.